The third-order valence-corrected chi connectivity index (χ3v) is 5.71. The summed E-state index contributed by atoms with van der Waals surface area (Å²) >= 11 is 0.983. The van der Waals surface area contributed by atoms with Crippen LogP contribution in [0, 0.1) is 0 Å². The molecule has 0 aliphatic carbocycles. The van der Waals surface area contributed by atoms with Gasteiger partial charge in [0.25, 0.3) is 0 Å². The van der Waals surface area contributed by atoms with Crippen molar-refractivity contribution in [3.63, 3.8) is 0 Å². The van der Waals surface area contributed by atoms with Gasteiger partial charge in [0.05, 0.1) is 0 Å². The van der Waals surface area contributed by atoms with Crippen LogP contribution in [0.5, 0.6) is 0 Å². The van der Waals surface area contributed by atoms with Crippen molar-refractivity contribution in [1.82, 2.24) is 0 Å². The van der Waals surface area contributed by atoms with Gasteiger partial charge in [0.15, 0.2) is 12.2 Å². The zero-order valence-electron chi connectivity index (χ0n) is 18.3. The first-order chi connectivity index (χ1) is 15.6. The van der Waals surface area contributed by atoms with Crippen LogP contribution in [0.2, 0.25) is 0 Å². The van der Waals surface area contributed by atoms with E-state index in [0.717, 1.165) is 32.5 Å². The van der Waals surface area contributed by atoms with Gasteiger partial charge in [-0.2, -0.15) is 0 Å². The van der Waals surface area contributed by atoms with E-state index in [1.165, 1.54) is 6.92 Å². The molecule has 1 fully saturated rings. The van der Waals surface area contributed by atoms with Crippen LogP contribution in [0.4, 0.5) is 0 Å². The molecule has 0 N–H and O–H groups in total. The lowest BCUT2D eigenvalue weighted by molar-refractivity contribution is -0.323. The van der Waals surface area contributed by atoms with Gasteiger partial charge < -0.3 is 28.5 Å². The van der Waals surface area contributed by atoms with E-state index in [1.54, 1.807) is 24.3 Å². The number of hydrogen-bond donors (Lipinski definition) is 0. The SMILES string of the molecule is CC(=O)OCC1O[C@]2(ON=C(c3ccccc3)S2)C(OC(C)=O)C(OC(C)=O)[C@@H]1OC(C)=O. The Morgan fingerprint density at radius 1 is 0.909 bits per heavy atom. The van der Waals surface area contributed by atoms with Gasteiger partial charge in [-0.15, -0.1) is 0 Å². The minimum Gasteiger partial charge on any atom is -0.463 e. The number of nitrogens with zero attached hydrogens (tertiary/aromatic N) is 1. The highest BCUT2D eigenvalue weighted by molar-refractivity contribution is 8.15. The van der Waals surface area contributed by atoms with Crippen molar-refractivity contribution in [2.45, 2.75) is 57.2 Å². The monoisotopic (exact) mass is 481 g/mol. The summed E-state index contributed by atoms with van der Waals surface area (Å²) in [5, 5.41) is 2.68. The van der Waals surface area contributed by atoms with Crippen molar-refractivity contribution in [1.29, 1.82) is 0 Å². The quantitative estimate of drug-likeness (QED) is 0.432. The van der Waals surface area contributed by atoms with Crippen LogP contribution in [-0.2, 0) is 47.7 Å². The van der Waals surface area contributed by atoms with Gasteiger partial charge in [-0.1, -0.05) is 35.5 Å². The third kappa shape index (κ3) is 5.82. The molecule has 0 amide bonds. The molecule has 0 aromatic heterocycles. The largest absolute Gasteiger partial charge is 0.463 e. The number of esters is 4. The van der Waals surface area contributed by atoms with Crippen LogP contribution in [-0.4, -0.2) is 65.1 Å². The average molecular weight is 481 g/mol. The first kappa shape index (κ1) is 24.5. The Labute approximate surface area is 193 Å². The van der Waals surface area contributed by atoms with Gasteiger partial charge in [-0.25, -0.2) is 0 Å². The van der Waals surface area contributed by atoms with E-state index in [9.17, 15) is 19.2 Å². The smallest absolute Gasteiger partial charge is 0.332 e. The Morgan fingerprint density at radius 2 is 1.52 bits per heavy atom. The summed E-state index contributed by atoms with van der Waals surface area (Å²) in [4.78, 5) is 52.8. The van der Waals surface area contributed by atoms with Crippen molar-refractivity contribution >= 4 is 40.7 Å². The summed E-state index contributed by atoms with van der Waals surface area (Å²) in [6.45, 7) is 4.29. The molecule has 33 heavy (non-hydrogen) atoms. The number of carbonyl (C=O) groups is 4. The molecular formula is C21H23NO10S. The van der Waals surface area contributed by atoms with Crippen LogP contribution < -0.4 is 0 Å². The maximum Gasteiger partial charge on any atom is 0.332 e. The minimum atomic E-state index is -1.81. The molecule has 12 heteroatoms. The van der Waals surface area contributed by atoms with Crippen LogP contribution >= 0.6 is 11.8 Å². The summed E-state index contributed by atoms with van der Waals surface area (Å²) in [6.07, 6.45) is -5.13. The number of thioether (sulfide) groups is 1. The Hall–Kier alpha value is -3.12. The average Bonchev–Trinajstić information content (AvgIpc) is 3.16. The summed E-state index contributed by atoms with van der Waals surface area (Å²) < 4.78 is 27.4. The molecule has 1 aromatic carbocycles. The highest BCUT2D eigenvalue weighted by Crippen LogP contribution is 2.48. The minimum absolute atomic E-state index is 0.357. The summed E-state index contributed by atoms with van der Waals surface area (Å²) in [5.74, 6) is -2.78. The second kappa shape index (κ2) is 10.2. The molecule has 178 valence electrons. The van der Waals surface area contributed by atoms with Crippen molar-refractivity contribution in [3.8, 4) is 0 Å². The van der Waals surface area contributed by atoms with Gasteiger partial charge in [0.2, 0.25) is 6.10 Å². The Balaban J connectivity index is 2.02. The highest BCUT2D eigenvalue weighted by atomic mass is 32.2. The summed E-state index contributed by atoms with van der Waals surface area (Å²) in [6, 6.07) is 9.01. The van der Waals surface area contributed by atoms with E-state index < -0.39 is 53.4 Å². The molecular weight excluding hydrogens is 458 g/mol. The number of benzene rings is 1. The molecule has 1 saturated heterocycles. The molecule has 3 unspecified atom stereocenters. The van der Waals surface area contributed by atoms with Gasteiger partial charge >= 0.3 is 29.0 Å². The van der Waals surface area contributed by atoms with Gasteiger partial charge in [-0.05, 0) is 11.8 Å². The molecule has 1 spiro atoms. The fraction of sp³-hybridized carbons (Fsp3) is 0.476. The lowest BCUT2D eigenvalue weighted by Crippen LogP contribution is -2.67. The molecule has 2 heterocycles. The zero-order valence-corrected chi connectivity index (χ0v) is 19.2. The highest BCUT2D eigenvalue weighted by Gasteiger charge is 2.65. The fourth-order valence-electron chi connectivity index (χ4n) is 3.36. The van der Waals surface area contributed by atoms with Gasteiger partial charge in [0, 0.05) is 33.3 Å². The fourth-order valence-corrected chi connectivity index (χ4v) is 4.50. The maximum atomic E-state index is 12.0. The third-order valence-electron chi connectivity index (χ3n) is 4.52. The van der Waals surface area contributed by atoms with Crippen LogP contribution in [0.25, 0.3) is 0 Å². The number of carbonyl (C=O) groups excluding carboxylic acids is 4. The predicted octanol–water partition coefficient (Wildman–Crippen LogP) is 1.52. The topological polar surface area (TPSA) is 136 Å². The van der Waals surface area contributed by atoms with E-state index in [0.29, 0.717) is 10.6 Å². The Kier molecular flexibility index (Phi) is 7.59. The predicted molar refractivity (Wildman–Crippen MR) is 113 cm³/mol. The van der Waals surface area contributed by atoms with Crippen molar-refractivity contribution < 1.29 is 47.7 Å². The van der Waals surface area contributed by atoms with E-state index in [1.807, 2.05) is 6.07 Å². The van der Waals surface area contributed by atoms with E-state index in [4.69, 9.17) is 28.5 Å². The number of ether oxygens (including phenoxy) is 5. The molecule has 1 aromatic rings. The number of oxime groups is 1. The van der Waals surface area contributed by atoms with Crippen LogP contribution in [0.3, 0.4) is 0 Å². The first-order valence-electron chi connectivity index (χ1n) is 9.94. The van der Waals surface area contributed by atoms with Crippen molar-refractivity contribution in [2.24, 2.45) is 5.16 Å². The molecule has 11 nitrogen and oxygen atoms in total. The number of hydrogen-bond acceptors (Lipinski definition) is 12. The number of rotatable bonds is 6. The van der Waals surface area contributed by atoms with E-state index in [-0.39, 0.29) is 6.61 Å². The van der Waals surface area contributed by atoms with Crippen molar-refractivity contribution in [2.75, 3.05) is 6.61 Å². The Morgan fingerprint density at radius 3 is 2.09 bits per heavy atom. The first-order valence-corrected chi connectivity index (χ1v) is 10.8. The van der Waals surface area contributed by atoms with Crippen LogP contribution in [0.15, 0.2) is 35.5 Å². The normalized spacial score (nSPS) is 28.3. The summed E-state index contributed by atoms with van der Waals surface area (Å²) in [7, 11) is 0. The zero-order chi connectivity index (χ0) is 24.2. The van der Waals surface area contributed by atoms with E-state index in [2.05, 4.69) is 5.16 Å². The van der Waals surface area contributed by atoms with Crippen molar-refractivity contribution in [3.05, 3.63) is 35.9 Å². The molecule has 2 aliphatic rings. The molecule has 2 aliphatic heterocycles. The molecule has 3 rings (SSSR count). The lowest BCUT2D eigenvalue weighted by atomic mass is 9.98. The second-order valence-corrected chi connectivity index (χ2v) is 8.36. The van der Waals surface area contributed by atoms with Gasteiger partial charge in [0.1, 0.15) is 17.8 Å². The molecule has 0 bridgehead atoms. The molecule has 5 atom stereocenters. The lowest BCUT2D eigenvalue weighted by Gasteiger charge is -2.47. The summed E-state index contributed by atoms with van der Waals surface area (Å²) in [5.41, 5.74) is 0.701. The standard InChI is InChI=1S/C21H23NO10S/c1-11(23)27-10-16-17(28-12(2)24)18(29-13(3)25)19(30-14(4)26)21(31-16)32-22-20(33-21)15-8-6-5-7-9-15/h5-9,16-19H,10H2,1-4H3/t16?,17-,18?,19?,21+/m1/s1. The van der Waals surface area contributed by atoms with Crippen LogP contribution in [0.1, 0.15) is 33.3 Å². The molecule has 0 radical (unpaired) electrons. The second-order valence-electron chi connectivity index (χ2n) is 7.20. The molecule has 0 saturated carbocycles. The maximum absolute atomic E-state index is 12.0. The van der Waals surface area contributed by atoms with E-state index >= 15 is 0 Å². The Bertz CT molecular complexity index is 952. The van der Waals surface area contributed by atoms with Gasteiger partial charge in [-0.3, -0.25) is 19.2 Å².